The van der Waals surface area contributed by atoms with Gasteiger partial charge in [-0.05, 0) is 24.1 Å². The number of hydrogen-bond acceptors (Lipinski definition) is 2. The highest BCUT2D eigenvalue weighted by Gasteiger charge is 1.89. The average molecular weight is 187 g/mol. The van der Waals surface area contributed by atoms with Gasteiger partial charge >= 0.3 is 0 Å². The zero-order valence-corrected chi connectivity index (χ0v) is 7.71. The van der Waals surface area contributed by atoms with E-state index < -0.39 is 0 Å². The lowest BCUT2D eigenvalue weighted by Gasteiger charge is -1.93. The van der Waals surface area contributed by atoms with Crippen LogP contribution < -0.4 is 0 Å². The van der Waals surface area contributed by atoms with Gasteiger partial charge in [0.05, 0.1) is 0 Å². The predicted octanol–water partition coefficient (Wildman–Crippen LogP) is 3.23. The molecule has 0 atom stereocenters. The standard InChI is InChI=1S/C10H9N3O/c1-8(14)2-3-9-4-6-10(7-5-9)12-13-11/h2-7H,1H3/b3-2+. The van der Waals surface area contributed by atoms with Crippen LogP contribution in [0.3, 0.4) is 0 Å². The molecule has 0 N–H and O–H groups in total. The van der Waals surface area contributed by atoms with Crippen molar-refractivity contribution in [1.82, 2.24) is 0 Å². The summed E-state index contributed by atoms with van der Waals surface area (Å²) in [6, 6.07) is 6.95. The van der Waals surface area contributed by atoms with Crippen molar-refractivity contribution in [3.63, 3.8) is 0 Å². The fourth-order valence-corrected chi connectivity index (χ4v) is 0.917. The zero-order chi connectivity index (χ0) is 10.4. The van der Waals surface area contributed by atoms with E-state index in [9.17, 15) is 4.79 Å². The molecule has 0 spiro atoms. The van der Waals surface area contributed by atoms with Crippen molar-refractivity contribution in [2.75, 3.05) is 0 Å². The third-order valence-electron chi connectivity index (χ3n) is 1.56. The molecule has 1 aromatic carbocycles. The predicted molar refractivity (Wildman–Crippen MR) is 55.0 cm³/mol. The molecular formula is C10H9N3O. The molecule has 0 radical (unpaired) electrons. The lowest BCUT2D eigenvalue weighted by molar-refractivity contribution is -0.112. The number of ketones is 1. The molecule has 0 aliphatic rings. The molecule has 14 heavy (non-hydrogen) atoms. The Balaban J connectivity index is 2.83. The Morgan fingerprint density at radius 1 is 1.43 bits per heavy atom. The highest BCUT2D eigenvalue weighted by atomic mass is 16.1. The highest BCUT2D eigenvalue weighted by molar-refractivity contribution is 5.91. The van der Waals surface area contributed by atoms with Gasteiger partial charge < -0.3 is 0 Å². The summed E-state index contributed by atoms with van der Waals surface area (Å²) in [7, 11) is 0. The van der Waals surface area contributed by atoms with Gasteiger partial charge in [0, 0.05) is 10.6 Å². The summed E-state index contributed by atoms with van der Waals surface area (Å²) in [4.78, 5) is 13.3. The Morgan fingerprint density at radius 2 is 2.07 bits per heavy atom. The molecule has 0 fully saturated rings. The Kier molecular flexibility index (Phi) is 3.47. The maximum absolute atomic E-state index is 10.6. The Hall–Kier alpha value is -2.06. The van der Waals surface area contributed by atoms with E-state index in [2.05, 4.69) is 10.0 Å². The van der Waals surface area contributed by atoms with Crippen LogP contribution >= 0.6 is 0 Å². The normalized spacial score (nSPS) is 9.79. The lowest BCUT2D eigenvalue weighted by atomic mass is 10.2. The van der Waals surface area contributed by atoms with Crippen LogP contribution in [0.5, 0.6) is 0 Å². The molecule has 1 aromatic rings. The van der Waals surface area contributed by atoms with Crippen LogP contribution in [-0.4, -0.2) is 5.78 Å². The number of allylic oxidation sites excluding steroid dienone is 1. The number of rotatable bonds is 3. The first-order valence-corrected chi connectivity index (χ1v) is 4.06. The number of benzene rings is 1. The van der Waals surface area contributed by atoms with Gasteiger partial charge in [0.2, 0.25) is 0 Å². The zero-order valence-electron chi connectivity index (χ0n) is 7.71. The summed E-state index contributed by atoms with van der Waals surface area (Å²) in [5.74, 6) is 0.00382. The van der Waals surface area contributed by atoms with E-state index in [-0.39, 0.29) is 5.78 Å². The molecule has 0 unspecified atom stereocenters. The van der Waals surface area contributed by atoms with E-state index in [1.54, 1.807) is 30.3 Å². The topological polar surface area (TPSA) is 65.8 Å². The minimum atomic E-state index is 0.00382. The molecule has 0 aliphatic carbocycles. The van der Waals surface area contributed by atoms with Crippen LogP contribution in [0.25, 0.3) is 16.5 Å². The summed E-state index contributed by atoms with van der Waals surface area (Å²) < 4.78 is 0. The molecular weight excluding hydrogens is 178 g/mol. The molecule has 4 nitrogen and oxygen atoms in total. The first-order chi connectivity index (χ1) is 6.72. The van der Waals surface area contributed by atoms with Crippen molar-refractivity contribution in [2.45, 2.75) is 6.92 Å². The van der Waals surface area contributed by atoms with Crippen LogP contribution in [-0.2, 0) is 4.79 Å². The molecule has 0 bridgehead atoms. The van der Waals surface area contributed by atoms with Crippen molar-refractivity contribution in [2.24, 2.45) is 5.11 Å². The summed E-state index contributed by atoms with van der Waals surface area (Å²) >= 11 is 0. The maximum atomic E-state index is 10.6. The number of azide groups is 1. The number of carbonyl (C=O) groups is 1. The summed E-state index contributed by atoms with van der Waals surface area (Å²) in [6.45, 7) is 1.49. The summed E-state index contributed by atoms with van der Waals surface area (Å²) in [6.07, 6.45) is 3.20. The van der Waals surface area contributed by atoms with Crippen LogP contribution in [0.15, 0.2) is 35.5 Å². The first kappa shape index (κ1) is 10.0. The van der Waals surface area contributed by atoms with Gasteiger partial charge in [-0.3, -0.25) is 4.79 Å². The fourth-order valence-electron chi connectivity index (χ4n) is 0.917. The van der Waals surface area contributed by atoms with Crippen molar-refractivity contribution in [3.8, 4) is 0 Å². The van der Waals surface area contributed by atoms with Gasteiger partial charge in [0.25, 0.3) is 0 Å². The van der Waals surface area contributed by atoms with E-state index in [4.69, 9.17) is 5.53 Å². The Morgan fingerprint density at radius 3 is 2.57 bits per heavy atom. The second kappa shape index (κ2) is 4.84. The molecule has 0 aliphatic heterocycles. The van der Waals surface area contributed by atoms with Crippen LogP contribution in [0.1, 0.15) is 12.5 Å². The van der Waals surface area contributed by atoms with Crippen LogP contribution in [0.4, 0.5) is 5.69 Å². The first-order valence-electron chi connectivity index (χ1n) is 4.06. The van der Waals surface area contributed by atoms with Crippen molar-refractivity contribution >= 4 is 17.5 Å². The molecule has 0 aromatic heterocycles. The molecule has 1 rings (SSSR count). The largest absolute Gasteiger partial charge is 0.295 e. The van der Waals surface area contributed by atoms with E-state index in [1.807, 2.05) is 0 Å². The monoisotopic (exact) mass is 187 g/mol. The van der Waals surface area contributed by atoms with Gasteiger partial charge in [-0.2, -0.15) is 0 Å². The van der Waals surface area contributed by atoms with Gasteiger partial charge in [-0.1, -0.05) is 35.5 Å². The molecule has 70 valence electrons. The quantitative estimate of drug-likeness (QED) is 0.310. The third-order valence-corrected chi connectivity index (χ3v) is 1.56. The second-order valence-electron chi connectivity index (χ2n) is 2.72. The SMILES string of the molecule is CC(=O)/C=C/c1ccc(N=[N+]=[N-])cc1. The Bertz CT molecular complexity index is 400. The number of hydrogen-bond donors (Lipinski definition) is 0. The van der Waals surface area contributed by atoms with E-state index in [1.165, 1.54) is 13.0 Å². The number of nitrogens with zero attached hydrogens (tertiary/aromatic N) is 3. The average Bonchev–Trinajstić information content (AvgIpc) is 2.17. The van der Waals surface area contributed by atoms with Crippen molar-refractivity contribution < 1.29 is 4.79 Å². The molecule has 0 amide bonds. The van der Waals surface area contributed by atoms with Crippen LogP contribution in [0.2, 0.25) is 0 Å². The van der Waals surface area contributed by atoms with Gasteiger partial charge in [-0.15, -0.1) is 0 Å². The molecule has 4 heteroatoms. The highest BCUT2D eigenvalue weighted by Crippen LogP contribution is 2.13. The van der Waals surface area contributed by atoms with Crippen LogP contribution in [0, 0.1) is 0 Å². The number of carbonyl (C=O) groups excluding carboxylic acids is 1. The van der Waals surface area contributed by atoms with Crippen molar-refractivity contribution in [1.29, 1.82) is 0 Å². The molecule has 0 saturated heterocycles. The van der Waals surface area contributed by atoms with E-state index >= 15 is 0 Å². The molecule has 0 heterocycles. The molecule has 0 saturated carbocycles. The minimum Gasteiger partial charge on any atom is -0.295 e. The van der Waals surface area contributed by atoms with Crippen molar-refractivity contribution in [3.05, 3.63) is 46.3 Å². The Labute approximate surface area is 81.5 Å². The van der Waals surface area contributed by atoms with Gasteiger partial charge in [0.15, 0.2) is 5.78 Å². The third kappa shape index (κ3) is 3.13. The smallest absolute Gasteiger partial charge is 0.152 e. The van der Waals surface area contributed by atoms with E-state index in [0.717, 1.165) is 5.56 Å². The fraction of sp³-hybridized carbons (Fsp3) is 0.100. The summed E-state index contributed by atoms with van der Waals surface area (Å²) in [5, 5.41) is 3.43. The maximum Gasteiger partial charge on any atom is 0.152 e. The van der Waals surface area contributed by atoms with Gasteiger partial charge in [0.1, 0.15) is 0 Å². The van der Waals surface area contributed by atoms with E-state index in [0.29, 0.717) is 5.69 Å². The summed E-state index contributed by atoms with van der Waals surface area (Å²) in [5.41, 5.74) is 9.63. The second-order valence-corrected chi connectivity index (χ2v) is 2.72. The lowest BCUT2D eigenvalue weighted by Crippen LogP contribution is -1.79. The van der Waals surface area contributed by atoms with Gasteiger partial charge in [-0.25, -0.2) is 0 Å². The minimum absolute atomic E-state index is 0.00382.